The Morgan fingerprint density at radius 2 is 1.07 bits per heavy atom. The SMILES string of the molecule is CC1(C)c2cc(-c3ccc4cc(N(c5ccc(-c6ccccc6)cc5)c5ccc6c(c5)oc5ccccc56)ccc4c3)ccc2-c2sc3ccccc3c21. The molecule has 11 rings (SSSR count). The molecular weight excluding hydrogens is 675 g/mol. The summed E-state index contributed by atoms with van der Waals surface area (Å²) < 4.78 is 7.74. The summed E-state index contributed by atoms with van der Waals surface area (Å²) in [5.74, 6) is 0. The Morgan fingerprint density at radius 1 is 0.463 bits per heavy atom. The minimum Gasteiger partial charge on any atom is -0.456 e. The zero-order valence-corrected chi connectivity index (χ0v) is 30.8. The first-order chi connectivity index (χ1) is 26.5. The molecule has 0 radical (unpaired) electrons. The molecule has 10 aromatic rings. The maximum Gasteiger partial charge on any atom is 0.137 e. The quantitative estimate of drug-likeness (QED) is 0.177. The van der Waals surface area contributed by atoms with E-state index in [9.17, 15) is 0 Å². The molecular formula is C51H35NOS. The van der Waals surface area contributed by atoms with Crippen molar-refractivity contribution in [2.24, 2.45) is 0 Å². The van der Waals surface area contributed by atoms with E-state index in [1.165, 1.54) is 64.7 Å². The number of para-hydroxylation sites is 1. The Kier molecular flexibility index (Phi) is 6.80. The van der Waals surface area contributed by atoms with Gasteiger partial charge in [0.05, 0.1) is 0 Å². The van der Waals surface area contributed by atoms with E-state index in [0.717, 1.165) is 39.0 Å². The molecule has 3 heteroatoms. The molecule has 0 N–H and O–H groups in total. The van der Waals surface area contributed by atoms with Crippen molar-refractivity contribution in [1.82, 2.24) is 0 Å². The molecule has 0 saturated carbocycles. The van der Waals surface area contributed by atoms with Gasteiger partial charge in [-0.25, -0.2) is 0 Å². The van der Waals surface area contributed by atoms with Gasteiger partial charge in [0, 0.05) is 48.9 Å². The van der Waals surface area contributed by atoms with Crippen molar-refractivity contribution in [1.29, 1.82) is 0 Å². The van der Waals surface area contributed by atoms with Crippen molar-refractivity contribution in [3.8, 4) is 32.7 Å². The summed E-state index contributed by atoms with van der Waals surface area (Å²) in [7, 11) is 0. The van der Waals surface area contributed by atoms with Gasteiger partial charge in [-0.05, 0) is 116 Å². The van der Waals surface area contributed by atoms with Crippen molar-refractivity contribution < 1.29 is 4.42 Å². The second kappa shape index (κ2) is 11.8. The standard InChI is InChI=1S/C51H35NOS/c1-51(2)45-30-37(21-26-43(45)50-49(51)44-13-7-9-15-48(44)54-50)34-16-17-36-29-39(24-20-35(36)28-34)52(38-22-18-33(19-23-38)32-10-4-3-5-11-32)40-25-27-42-41-12-6-8-14-46(41)53-47(42)31-40/h3-31H,1-2H3. The van der Waals surface area contributed by atoms with Crippen LogP contribution in [0, 0.1) is 0 Å². The molecule has 256 valence electrons. The number of anilines is 3. The van der Waals surface area contributed by atoms with Crippen LogP contribution >= 0.6 is 11.3 Å². The highest BCUT2D eigenvalue weighted by molar-refractivity contribution is 7.22. The van der Waals surface area contributed by atoms with Crippen LogP contribution in [-0.2, 0) is 5.41 Å². The first kappa shape index (κ1) is 31.1. The predicted molar refractivity (Wildman–Crippen MR) is 230 cm³/mol. The van der Waals surface area contributed by atoms with E-state index in [2.05, 4.69) is 183 Å². The topological polar surface area (TPSA) is 16.4 Å². The number of hydrogen-bond acceptors (Lipinski definition) is 3. The average molecular weight is 710 g/mol. The van der Waals surface area contributed by atoms with Crippen LogP contribution in [-0.4, -0.2) is 0 Å². The number of benzene rings is 8. The van der Waals surface area contributed by atoms with Gasteiger partial charge in [-0.1, -0.05) is 123 Å². The van der Waals surface area contributed by atoms with Crippen molar-refractivity contribution in [2.75, 3.05) is 4.90 Å². The van der Waals surface area contributed by atoms with E-state index in [4.69, 9.17) is 4.42 Å². The van der Waals surface area contributed by atoms with Crippen LogP contribution in [0.1, 0.15) is 25.0 Å². The zero-order valence-electron chi connectivity index (χ0n) is 30.0. The van der Waals surface area contributed by atoms with Gasteiger partial charge >= 0.3 is 0 Å². The Balaban J connectivity index is 0.989. The summed E-state index contributed by atoms with van der Waals surface area (Å²) in [6.45, 7) is 4.77. The first-order valence-corrected chi connectivity index (χ1v) is 19.4. The lowest BCUT2D eigenvalue weighted by Crippen LogP contribution is -2.15. The van der Waals surface area contributed by atoms with Crippen molar-refractivity contribution in [3.63, 3.8) is 0 Å². The third-order valence-corrected chi connectivity index (χ3v) is 12.6. The van der Waals surface area contributed by atoms with Crippen LogP contribution in [0.4, 0.5) is 17.1 Å². The molecule has 2 aromatic heterocycles. The largest absolute Gasteiger partial charge is 0.456 e. The smallest absolute Gasteiger partial charge is 0.137 e. The summed E-state index contributed by atoms with van der Waals surface area (Å²) in [5, 5.41) is 6.06. The monoisotopic (exact) mass is 709 g/mol. The number of hydrogen-bond donors (Lipinski definition) is 0. The maximum atomic E-state index is 6.36. The third-order valence-electron chi connectivity index (χ3n) is 11.4. The van der Waals surface area contributed by atoms with Gasteiger partial charge < -0.3 is 9.32 Å². The Hall–Kier alpha value is -6.42. The van der Waals surface area contributed by atoms with E-state index < -0.39 is 0 Å². The Labute approximate surface area is 318 Å². The van der Waals surface area contributed by atoms with E-state index in [-0.39, 0.29) is 5.41 Å². The van der Waals surface area contributed by atoms with Crippen LogP contribution in [0.25, 0.3) is 75.5 Å². The molecule has 2 heterocycles. The number of furan rings is 1. The highest BCUT2D eigenvalue weighted by Gasteiger charge is 2.38. The molecule has 0 unspecified atom stereocenters. The Morgan fingerprint density at radius 3 is 1.94 bits per heavy atom. The van der Waals surface area contributed by atoms with Crippen molar-refractivity contribution in [3.05, 3.63) is 187 Å². The van der Waals surface area contributed by atoms with E-state index in [1.54, 1.807) is 0 Å². The second-order valence-electron chi connectivity index (χ2n) is 15.0. The number of fused-ring (bicyclic) bond motifs is 9. The molecule has 0 amide bonds. The van der Waals surface area contributed by atoms with E-state index >= 15 is 0 Å². The van der Waals surface area contributed by atoms with Gasteiger partial charge in [0.15, 0.2) is 0 Å². The van der Waals surface area contributed by atoms with Crippen LogP contribution in [0.5, 0.6) is 0 Å². The molecule has 8 aromatic carbocycles. The number of nitrogens with zero attached hydrogens (tertiary/aromatic N) is 1. The highest BCUT2D eigenvalue weighted by atomic mass is 32.1. The van der Waals surface area contributed by atoms with E-state index in [1.807, 2.05) is 23.5 Å². The lowest BCUT2D eigenvalue weighted by atomic mass is 9.80. The fourth-order valence-corrected chi connectivity index (χ4v) is 10.1. The molecule has 0 bridgehead atoms. The van der Waals surface area contributed by atoms with Crippen LogP contribution in [0.3, 0.4) is 0 Å². The first-order valence-electron chi connectivity index (χ1n) is 18.6. The van der Waals surface area contributed by atoms with Gasteiger partial charge in [-0.3, -0.25) is 0 Å². The summed E-state index contributed by atoms with van der Waals surface area (Å²) in [5.41, 5.74) is 14.1. The molecule has 2 nitrogen and oxygen atoms in total. The van der Waals surface area contributed by atoms with Gasteiger partial charge in [0.1, 0.15) is 11.2 Å². The van der Waals surface area contributed by atoms with E-state index in [0.29, 0.717) is 0 Å². The summed E-state index contributed by atoms with van der Waals surface area (Å²) >= 11 is 1.93. The molecule has 0 aliphatic heterocycles. The lowest BCUT2D eigenvalue weighted by Gasteiger charge is -2.26. The average Bonchev–Trinajstić information content (AvgIpc) is 3.86. The predicted octanol–water partition coefficient (Wildman–Crippen LogP) is 15.1. The normalized spacial score (nSPS) is 13.1. The van der Waals surface area contributed by atoms with Gasteiger partial charge in [0.2, 0.25) is 0 Å². The zero-order chi connectivity index (χ0) is 36.0. The molecule has 0 saturated heterocycles. The minimum absolute atomic E-state index is 0.0554. The third kappa shape index (κ3) is 4.79. The maximum absolute atomic E-state index is 6.36. The number of thiophene rings is 1. The molecule has 54 heavy (non-hydrogen) atoms. The molecule has 0 fully saturated rings. The second-order valence-corrected chi connectivity index (χ2v) is 16.0. The summed E-state index contributed by atoms with van der Waals surface area (Å²) in [4.78, 5) is 3.76. The summed E-state index contributed by atoms with van der Waals surface area (Å²) in [6.07, 6.45) is 0. The van der Waals surface area contributed by atoms with Crippen LogP contribution in [0.2, 0.25) is 0 Å². The Bertz CT molecular complexity index is 3080. The molecule has 1 aliphatic carbocycles. The van der Waals surface area contributed by atoms with Crippen molar-refractivity contribution in [2.45, 2.75) is 19.3 Å². The fraction of sp³-hybridized carbons (Fsp3) is 0.0588. The molecule has 1 aliphatic rings. The number of rotatable bonds is 5. The van der Waals surface area contributed by atoms with Crippen LogP contribution in [0.15, 0.2) is 180 Å². The highest BCUT2D eigenvalue weighted by Crippen LogP contribution is 2.56. The molecule has 0 atom stereocenters. The fourth-order valence-electron chi connectivity index (χ4n) is 8.72. The molecule has 0 spiro atoms. The van der Waals surface area contributed by atoms with Crippen molar-refractivity contribution >= 4 is 71.2 Å². The lowest BCUT2D eigenvalue weighted by molar-refractivity contribution is 0.667. The summed E-state index contributed by atoms with van der Waals surface area (Å²) in [6, 6.07) is 63.9. The van der Waals surface area contributed by atoms with Crippen LogP contribution < -0.4 is 4.90 Å². The van der Waals surface area contributed by atoms with Gasteiger partial charge in [-0.15, -0.1) is 11.3 Å². The minimum atomic E-state index is -0.0554. The van der Waals surface area contributed by atoms with Gasteiger partial charge in [-0.2, -0.15) is 0 Å². The van der Waals surface area contributed by atoms with Gasteiger partial charge in [0.25, 0.3) is 0 Å².